The van der Waals surface area contributed by atoms with Crippen LogP contribution < -0.4 is 10.0 Å². The Morgan fingerprint density at radius 1 is 0.938 bits per heavy atom. The largest absolute Gasteiger partial charge is 0.319 e. The molecule has 5 nitrogen and oxygen atoms in total. The minimum absolute atomic E-state index is 0.0597. The Kier molecular flexibility index (Phi) is 6.48. The summed E-state index contributed by atoms with van der Waals surface area (Å²) in [6.45, 7) is 6.75. The quantitative estimate of drug-likeness (QED) is 0.547. The third-order valence-corrected chi connectivity index (χ3v) is 6.34. The van der Waals surface area contributed by atoms with E-state index in [2.05, 4.69) is 10.0 Å². The number of carbonyl (C=O) groups is 1. The first-order chi connectivity index (χ1) is 14.9. The van der Waals surface area contributed by atoms with Crippen LogP contribution in [-0.4, -0.2) is 19.9 Å². The number of hydrogen-bond acceptors (Lipinski definition) is 3. The molecule has 0 spiro atoms. The Hall–Kier alpha value is -3.10. The van der Waals surface area contributed by atoms with Crippen LogP contribution in [-0.2, 0) is 10.0 Å². The number of hydrogen-bond donors (Lipinski definition) is 2. The normalized spacial score (nSPS) is 11.9. The summed E-state index contributed by atoms with van der Waals surface area (Å²) in [5.74, 6) is -2.43. The van der Waals surface area contributed by atoms with Gasteiger partial charge in [0.05, 0.1) is 10.6 Å². The van der Waals surface area contributed by atoms with E-state index in [-0.39, 0.29) is 21.7 Å². The molecule has 1 amide bonds. The molecule has 0 aromatic heterocycles. The standard InChI is InChI=1S/C24H24F2N2O3S/c1-15-10-11-18(32(30,31)28-24(2,3)4)14-19(15)23(29)27-22-20(12-17(25)13-21(22)26)16-8-6-5-7-9-16/h5-14,28H,1-4H3,(H,27,29). The van der Waals surface area contributed by atoms with Crippen LogP contribution in [0, 0.1) is 18.6 Å². The van der Waals surface area contributed by atoms with Crippen LogP contribution in [0.5, 0.6) is 0 Å². The van der Waals surface area contributed by atoms with E-state index in [1.807, 2.05) is 0 Å². The Balaban J connectivity index is 2.02. The molecule has 0 bridgehead atoms. The van der Waals surface area contributed by atoms with E-state index in [0.717, 1.165) is 6.07 Å². The molecule has 3 aromatic rings. The first-order valence-corrected chi connectivity index (χ1v) is 11.4. The van der Waals surface area contributed by atoms with Gasteiger partial charge in [-0.2, -0.15) is 0 Å². The van der Waals surface area contributed by atoms with Crippen LogP contribution >= 0.6 is 0 Å². The molecule has 3 rings (SSSR count). The first-order valence-electron chi connectivity index (χ1n) is 9.88. The Morgan fingerprint density at radius 2 is 1.59 bits per heavy atom. The highest BCUT2D eigenvalue weighted by Gasteiger charge is 2.24. The second-order valence-corrected chi connectivity index (χ2v) is 10.1. The van der Waals surface area contributed by atoms with Crippen LogP contribution in [0.4, 0.5) is 14.5 Å². The van der Waals surface area contributed by atoms with E-state index in [0.29, 0.717) is 17.2 Å². The van der Waals surface area contributed by atoms with Crippen molar-refractivity contribution in [3.8, 4) is 11.1 Å². The number of aryl methyl sites for hydroxylation is 1. The maximum atomic E-state index is 14.7. The maximum Gasteiger partial charge on any atom is 0.256 e. The van der Waals surface area contributed by atoms with E-state index in [1.54, 1.807) is 58.0 Å². The molecule has 0 saturated heterocycles. The molecule has 3 aromatic carbocycles. The van der Waals surface area contributed by atoms with Gasteiger partial charge in [-0.1, -0.05) is 36.4 Å². The second kappa shape index (κ2) is 8.80. The van der Waals surface area contributed by atoms with Crippen molar-refractivity contribution in [3.05, 3.63) is 83.4 Å². The van der Waals surface area contributed by atoms with Crippen LogP contribution in [0.2, 0.25) is 0 Å². The SMILES string of the molecule is Cc1ccc(S(=O)(=O)NC(C)(C)C)cc1C(=O)Nc1c(F)cc(F)cc1-c1ccccc1. The van der Waals surface area contributed by atoms with E-state index < -0.39 is 33.1 Å². The van der Waals surface area contributed by atoms with Crippen LogP contribution in [0.25, 0.3) is 11.1 Å². The number of rotatable bonds is 5. The second-order valence-electron chi connectivity index (χ2n) is 8.46. The number of carbonyl (C=O) groups excluding carboxylic acids is 1. The average molecular weight is 459 g/mol. The van der Waals surface area contributed by atoms with Crippen LogP contribution in [0.15, 0.2) is 65.6 Å². The summed E-state index contributed by atoms with van der Waals surface area (Å²) in [4.78, 5) is 12.9. The molecule has 0 aliphatic carbocycles. The van der Waals surface area contributed by atoms with Gasteiger partial charge in [0.25, 0.3) is 5.91 Å². The fraction of sp³-hybridized carbons (Fsp3) is 0.208. The summed E-state index contributed by atoms with van der Waals surface area (Å²) in [6, 6.07) is 14.5. The van der Waals surface area contributed by atoms with Gasteiger partial charge in [-0.3, -0.25) is 4.79 Å². The van der Waals surface area contributed by atoms with Crippen LogP contribution in [0.1, 0.15) is 36.7 Å². The third kappa shape index (κ3) is 5.38. The molecule has 0 saturated carbocycles. The highest BCUT2D eigenvalue weighted by molar-refractivity contribution is 7.89. The summed E-state index contributed by atoms with van der Waals surface area (Å²) in [5.41, 5.74) is 0.345. The number of nitrogens with one attached hydrogen (secondary N) is 2. The molecule has 0 atom stereocenters. The molecule has 0 radical (unpaired) electrons. The zero-order valence-corrected chi connectivity index (χ0v) is 19.0. The average Bonchev–Trinajstić information content (AvgIpc) is 2.68. The van der Waals surface area contributed by atoms with E-state index in [9.17, 15) is 22.0 Å². The smallest absolute Gasteiger partial charge is 0.256 e. The predicted octanol–water partition coefficient (Wildman–Crippen LogP) is 5.27. The summed E-state index contributed by atoms with van der Waals surface area (Å²) < 4.78 is 56.5. The molecule has 0 aliphatic heterocycles. The minimum atomic E-state index is -3.88. The molecule has 0 fully saturated rings. The third-order valence-electron chi connectivity index (χ3n) is 4.58. The van der Waals surface area contributed by atoms with Crippen molar-refractivity contribution in [2.24, 2.45) is 0 Å². The molecular weight excluding hydrogens is 434 g/mol. The summed E-state index contributed by atoms with van der Waals surface area (Å²) in [5, 5.41) is 2.49. The Morgan fingerprint density at radius 3 is 2.22 bits per heavy atom. The molecule has 8 heteroatoms. The topological polar surface area (TPSA) is 75.3 Å². The highest BCUT2D eigenvalue weighted by atomic mass is 32.2. The maximum absolute atomic E-state index is 14.7. The van der Waals surface area contributed by atoms with Gasteiger partial charge < -0.3 is 5.32 Å². The predicted molar refractivity (Wildman–Crippen MR) is 121 cm³/mol. The number of amides is 1. The zero-order valence-electron chi connectivity index (χ0n) is 18.2. The molecule has 0 heterocycles. The van der Waals surface area contributed by atoms with Gasteiger partial charge in [0.2, 0.25) is 10.0 Å². The van der Waals surface area contributed by atoms with Gasteiger partial charge in [0.15, 0.2) is 0 Å². The molecule has 2 N–H and O–H groups in total. The van der Waals surface area contributed by atoms with E-state index >= 15 is 0 Å². The lowest BCUT2D eigenvalue weighted by atomic mass is 10.0. The number of sulfonamides is 1. The van der Waals surface area contributed by atoms with Crippen molar-refractivity contribution < 1.29 is 22.0 Å². The van der Waals surface area contributed by atoms with Crippen molar-refractivity contribution in [1.29, 1.82) is 0 Å². The summed E-state index contributed by atoms with van der Waals surface area (Å²) >= 11 is 0. The fourth-order valence-electron chi connectivity index (χ4n) is 3.20. The van der Waals surface area contributed by atoms with Gasteiger partial charge in [0.1, 0.15) is 11.6 Å². The Labute approximate surface area is 186 Å². The van der Waals surface area contributed by atoms with Crippen molar-refractivity contribution in [3.63, 3.8) is 0 Å². The zero-order chi connectivity index (χ0) is 23.7. The monoisotopic (exact) mass is 458 g/mol. The lowest BCUT2D eigenvalue weighted by Crippen LogP contribution is -2.40. The van der Waals surface area contributed by atoms with Gasteiger partial charge in [-0.05, 0) is 57.0 Å². The van der Waals surface area contributed by atoms with Crippen molar-refractivity contribution in [2.75, 3.05) is 5.32 Å². The van der Waals surface area contributed by atoms with Gasteiger partial charge in [0, 0.05) is 22.7 Å². The lowest BCUT2D eigenvalue weighted by Gasteiger charge is -2.21. The number of benzene rings is 3. The van der Waals surface area contributed by atoms with E-state index in [4.69, 9.17) is 0 Å². The summed E-state index contributed by atoms with van der Waals surface area (Å²) in [7, 11) is -3.88. The van der Waals surface area contributed by atoms with Crippen LogP contribution in [0.3, 0.4) is 0 Å². The number of anilines is 1. The van der Waals surface area contributed by atoms with Crippen molar-refractivity contribution in [2.45, 2.75) is 38.1 Å². The molecule has 168 valence electrons. The van der Waals surface area contributed by atoms with Gasteiger partial charge in [-0.15, -0.1) is 0 Å². The molecule has 32 heavy (non-hydrogen) atoms. The fourth-order valence-corrected chi connectivity index (χ4v) is 4.65. The minimum Gasteiger partial charge on any atom is -0.319 e. The van der Waals surface area contributed by atoms with E-state index in [1.165, 1.54) is 18.2 Å². The van der Waals surface area contributed by atoms with Crippen molar-refractivity contribution in [1.82, 2.24) is 4.72 Å². The van der Waals surface area contributed by atoms with Crippen molar-refractivity contribution >= 4 is 21.6 Å². The van der Waals surface area contributed by atoms with Gasteiger partial charge >= 0.3 is 0 Å². The molecule has 0 unspecified atom stereocenters. The molecular formula is C24H24F2N2O3S. The molecule has 0 aliphatic rings. The summed E-state index contributed by atoms with van der Waals surface area (Å²) in [6.07, 6.45) is 0. The number of halogens is 2. The highest BCUT2D eigenvalue weighted by Crippen LogP contribution is 2.32. The first kappa shape index (κ1) is 23.6. The Bertz CT molecular complexity index is 1270. The van der Waals surface area contributed by atoms with Gasteiger partial charge in [-0.25, -0.2) is 21.9 Å². The lowest BCUT2D eigenvalue weighted by molar-refractivity contribution is 0.102.